The number of amides is 2. The number of hydrogen-bond acceptors (Lipinski definition) is 3. The van der Waals surface area contributed by atoms with Crippen LogP contribution in [-0.2, 0) is 6.54 Å². The van der Waals surface area contributed by atoms with Gasteiger partial charge in [0.15, 0.2) is 0 Å². The Morgan fingerprint density at radius 3 is 2.73 bits per heavy atom. The predicted octanol–water partition coefficient (Wildman–Crippen LogP) is 3.68. The van der Waals surface area contributed by atoms with E-state index >= 15 is 0 Å². The number of rotatable bonds is 6. The molecule has 1 heterocycles. The minimum absolute atomic E-state index is 0.511. The van der Waals surface area contributed by atoms with Crippen molar-refractivity contribution in [2.75, 3.05) is 6.61 Å². The Kier molecular flexibility index (Phi) is 5.43. The Morgan fingerprint density at radius 1 is 1.27 bits per heavy atom. The first kappa shape index (κ1) is 17.8. The van der Waals surface area contributed by atoms with Gasteiger partial charge in [0.25, 0.3) is 0 Å². The van der Waals surface area contributed by atoms with Gasteiger partial charge >= 0.3 is 6.03 Å². The molecule has 1 aromatic heterocycles. The first-order chi connectivity index (χ1) is 12.6. The average Bonchev–Trinajstić information content (AvgIpc) is 2.89. The van der Waals surface area contributed by atoms with Crippen molar-refractivity contribution in [3.8, 4) is 5.75 Å². The molecule has 0 fully saturated rings. The SMILES string of the molecule is Cc1c(/C=N\NC(N)=O)c2ccccc2n1CCOc1ccc(Cl)cc1. The second-order valence-corrected chi connectivity index (χ2v) is 6.14. The molecule has 2 aromatic carbocycles. The molecule has 0 atom stereocenters. The topological polar surface area (TPSA) is 81.6 Å². The number of nitrogens with zero attached hydrogens (tertiary/aromatic N) is 2. The van der Waals surface area contributed by atoms with Crippen molar-refractivity contribution in [3.05, 3.63) is 64.8 Å². The van der Waals surface area contributed by atoms with Crippen molar-refractivity contribution in [2.24, 2.45) is 10.8 Å². The Labute approximate surface area is 156 Å². The maximum atomic E-state index is 10.8. The first-order valence-corrected chi connectivity index (χ1v) is 8.49. The molecule has 0 aliphatic carbocycles. The van der Waals surface area contributed by atoms with Gasteiger partial charge in [-0.1, -0.05) is 29.8 Å². The third-order valence-corrected chi connectivity index (χ3v) is 4.30. The van der Waals surface area contributed by atoms with Crippen LogP contribution in [0.5, 0.6) is 5.75 Å². The quantitative estimate of drug-likeness (QED) is 0.512. The highest BCUT2D eigenvalue weighted by Gasteiger charge is 2.12. The van der Waals surface area contributed by atoms with Gasteiger partial charge in [0.2, 0.25) is 0 Å². The van der Waals surface area contributed by atoms with E-state index in [2.05, 4.69) is 15.1 Å². The van der Waals surface area contributed by atoms with Crippen LogP contribution >= 0.6 is 11.6 Å². The molecule has 7 heteroatoms. The number of carbonyl (C=O) groups excluding carboxylic acids is 1. The molecule has 0 radical (unpaired) electrons. The van der Waals surface area contributed by atoms with E-state index in [4.69, 9.17) is 22.1 Å². The second kappa shape index (κ2) is 7.93. The predicted molar refractivity (Wildman–Crippen MR) is 104 cm³/mol. The second-order valence-electron chi connectivity index (χ2n) is 5.70. The number of nitrogens with two attached hydrogens (primary N) is 1. The number of primary amides is 1. The van der Waals surface area contributed by atoms with Crippen molar-refractivity contribution in [1.29, 1.82) is 0 Å². The average molecular weight is 371 g/mol. The van der Waals surface area contributed by atoms with E-state index in [0.29, 0.717) is 18.2 Å². The number of benzene rings is 2. The third-order valence-electron chi connectivity index (χ3n) is 4.05. The smallest absolute Gasteiger partial charge is 0.332 e. The molecule has 134 valence electrons. The zero-order valence-corrected chi connectivity index (χ0v) is 15.0. The summed E-state index contributed by atoms with van der Waals surface area (Å²) in [6.07, 6.45) is 1.61. The molecule has 0 unspecified atom stereocenters. The highest BCUT2D eigenvalue weighted by Crippen LogP contribution is 2.24. The molecule has 3 rings (SSSR count). The number of carbonyl (C=O) groups is 1. The lowest BCUT2D eigenvalue weighted by molar-refractivity contribution is 0.249. The summed E-state index contributed by atoms with van der Waals surface area (Å²) >= 11 is 5.89. The molecular formula is C19H19ClN4O2. The van der Waals surface area contributed by atoms with Crippen LogP contribution < -0.4 is 15.9 Å². The molecule has 3 aromatic rings. The Hall–Kier alpha value is -2.99. The minimum Gasteiger partial charge on any atom is -0.492 e. The summed E-state index contributed by atoms with van der Waals surface area (Å²) in [6, 6.07) is 14.6. The highest BCUT2D eigenvalue weighted by molar-refractivity contribution is 6.30. The third kappa shape index (κ3) is 3.97. The van der Waals surface area contributed by atoms with Gasteiger partial charge in [0.05, 0.1) is 12.8 Å². The van der Waals surface area contributed by atoms with Gasteiger partial charge in [-0.3, -0.25) is 0 Å². The van der Waals surface area contributed by atoms with E-state index in [9.17, 15) is 4.79 Å². The van der Waals surface area contributed by atoms with Gasteiger partial charge in [0.1, 0.15) is 12.4 Å². The molecule has 0 saturated carbocycles. The Bertz CT molecular complexity index is 948. The van der Waals surface area contributed by atoms with Gasteiger partial charge in [-0.2, -0.15) is 5.10 Å². The molecule has 3 N–H and O–H groups in total. The number of urea groups is 1. The summed E-state index contributed by atoms with van der Waals surface area (Å²) in [5.74, 6) is 0.774. The van der Waals surface area contributed by atoms with Crippen LogP contribution in [0.4, 0.5) is 4.79 Å². The number of aromatic nitrogens is 1. The summed E-state index contributed by atoms with van der Waals surface area (Å²) in [4.78, 5) is 10.8. The first-order valence-electron chi connectivity index (χ1n) is 8.11. The summed E-state index contributed by atoms with van der Waals surface area (Å²) in [5.41, 5.74) is 10.3. The van der Waals surface area contributed by atoms with E-state index in [1.54, 1.807) is 18.3 Å². The summed E-state index contributed by atoms with van der Waals surface area (Å²) < 4.78 is 7.97. The van der Waals surface area contributed by atoms with Gasteiger partial charge in [-0.15, -0.1) is 0 Å². The van der Waals surface area contributed by atoms with Crippen LogP contribution in [0.3, 0.4) is 0 Å². The van der Waals surface area contributed by atoms with E-state index in [0.717, 1.165) is 27.9 Å². The zero-order chi connectivity index (χ0) is 18.5. The molecule has 26 heavy (non-hydrogen) atoms. The Morgan fingerprint density at radius 2 is 2.00 bits per heavy atom. The van der Waals surface area contributed by atoms with Gasteiger partial charge in [0, 0.05) is 27.2 Å². The fourth-order valence-corrected chi connectivity index (χ4v) is 2.98. The summed E-state index contributed by atoms with van der Waals surface area (Å²) in [6.45, 7) is 3.19. The van der Waals surface area contributed by atoms with Crippen molar-refractivity contribution >= 4 is 34.7 Å². The number of fused-ring (bicyclic) bond motifs is 1. The standard InChI is InChI=1S/C19H19ClN4O2/c1-13-17(12-22-23-19(21)25)16-4-2-3-5-18(16)24(13)10-11-26-15-8-6-14(20)7-9-15/h2-9,12H,10-11H2,1H3,(H3,21,23,25)/b22-12-. The normalized spacial score (nSPS) is 11.2. The molecular weight excluding hydrogens is 352 g/mol. The highest BCUT2D eigenvalue weighted by atomic mass is 35.5. The zero-order valence-electron chi connectivity index (χ0n) is 14.3. The summed E-state index contributed by atoms with van der Waals surface area (Å²) in [7, 11) is 0. The monoisotopic (exact) mass is 370 g/mol. The number of hydrazone groups is 1. The lowest BCUT2D eigenvalue weighted by atomic mass is 10.1. The molecule has 0 aliphatic heterocycles. The van der Waals surface area contributed by atoms with Gasteiger partial charge in [-0.25, -0.2) is 10.2 Å². The number of nitrogens with one attached hydrogen (secondary N) is 1. The molecule has 0 bridgehead atoms. The molecule has 6 nitrogen and oxygen atoms in total. The molecule has 2 amide bonds. The van der Waals surface area contributed by atoms with Crippen LogP contribution in [0.2, 0.25) is 5.02 Å². The van der Waals surface area contributed by atoms with Crippen LogP contribution in [0.15, 0.2) is 53.6 Å². The summed E-state index contributed by atoms with van der Waals surface area (Å²) in [5, 5.41) is 5.62. The van der Waals surface area contributed by atoms with E-state index in [-0.39, 0.29) is 0 Å². The van der Waals surface area contributed by atoms with Crippen molar-refractivity contribution in [3.63, 3.8) is 0 Å². The molecule has 0 aliphatic rings. The lowest BCUT2D eigenvalue weighted by Gasteiger charge is -2.10. The molecule has 0 spiro atoms. The van der Waals surface area contributed by atoms with Crippen molar-refractivity contribution < 1.29 is 9.53 Å². The number of hydrogen-bond donors (Lipinski definition) is 2. The van der Waals surface area contributed by atoms with Crippen LogP contribution in [-0.4, -0.2) is 23.4 Å². The fraction of sp³-hybridized carbons (Fsp3) is 0.158. The Balaban J connectivity index is 1.81. The van der Waals surface area contributed by atoms with Crippen LogP contribution in [0, 0.1) is 6.92 Å². The van der Waals surface area contributed by atoms with Crippen LogP contribution in [0.25, 0.3) is 10.9 Å². The van der Waals surface area contributed by atoms with E-state index in [1.807, 2.05) is 43.3 Å². The lowest BCUT2D eigenvalue weighted by Crippen LogP contribution is -2.24. The number of halogens is 1. The number of para-hydroxylation sites is 1. The van der Waals surface area contributed by atoms with Crippen LogP contribution in [0.1, 0.15) is 11.3 Å². The van der Waals surface area contributed by atoms with Gasteiger partial charge in [-0.05, 0) is 37.3 Å². The number of ether oxygens (including phenoxy) is 1. The van der Waals surface area contributed by atoms with E-state index < -0.39 is 6.03 Å². The molecule has 0 saturated heterocycles. The largest absolute Gasteiger partial charge is 0.492 e. The minimum atomic E-state index is -0.695. The van der Waals surface area contributed by atoms with Gasteiger partial charge < -0.3 is 15.0 Å². The maximum absolute atomic E-state index is 10.8. The van der Waals surface area contributed by atoms with Crippen molar-refractivity contribution in [1.82, 2.24) is 9.99 Å². The van der Waals surface area contributed by atoms with E-state index in [1.165, 1.54) is 0 Å². The fourth-order valence-electron chi connectivity index (χ4n) is 2.85. The maximum Gasteiger partial charge on any atom is 0.332 e. The van der Waals surface area contributed by atoms with Crippen molar-refractivity contribution in [2.45, 2.75) is 13.5 Å².